The van der Waals surface area contributed by atoms with Crippen LogP contribution in [0.3, 0.4) is 0 Å². The maximum Gasteiger partial charge on any atom is 0.247 e. The molecule has 1 aliphatic rings. The normalized spacial score (nSPS) is 18.5. The summed E-state index contributed by atoms with van der Waals surface area (Å²) in [5, 5.41) is 4.37. The Bertz CT molecular complexity index is 402. The fourth-order valence-electron chi connectivity index (χ4n) is 2.33. The van der Waals surface area contributed by atoms with Gasteiger partial charge >= 0.3 is 0 Å². The highest BCUT2D eigenvalue weighted by Gasteiger charge is 2.23. The number of hydrogen-bond donors (Lipinski definition) is 0. The van der Waals surface area contributed by atoms with Crippen molar-refractivity contribution in [2.75, 3.05) is 13.1 Å². The van der Waals surface area contributed by atoms with Crippen LogP contribution in [0.15, 0.2) is 10.7 Å². The molecule has 0 radical (unpaired) electrons. The largest absolute Gasteiger partial charge is 0.341 e. The van der Waals surface area contributed by atoms with E-state index in [-0.39, 0.29) is 11.9 Å². The quantitative estimate of drug-likeness (QED) is 0.842. The molecule has 0 N–H and O–H groups in total. The van der Waals surface area contributed by atoms with Crippen LogP contribution in [0, 0.1) is 6.92 Å². The van der Waals surface area contributed by atoms with Gasteiger partial charge in [0.2, 0.25) is 5.91 Å². The Kier molecular flexibility index (Phi) is 4.43. The van der Waals surface area contributed by atoms with Crippen molar-refractivity contribution in [3.63, 3.8) is 0 Å². The molecule has 1 amide bonds. The Hall–Kier alpha value is -0.840. The van der Waals surface area contributed by atoms with Crippen LogP contribution in [0.5, 0.6) is 0 Å². The third-order valence-corrected chi connectivity index (χ3v) is 4.31. The molecular weight excluding hydrogens is 294 g/mol. The van der Waals surface area contributed by atoms with Crippen molar-refractivity contribution < 1.29 is 4.79 Å². The number of carbonyl (C=O) groups is 1. The van der Waals surface area contributed by atoms with Crippen LogP contribution < -0.4 is 0 Å². The van der Waals surface area contributed by atoms with E-state index in [1.165, 1.54) is 12.8 Å². The van der Waals surface area contributed by atoms with Crippen LogP contribution in [0.25, 0.3) is 0 Å². The van der Waals surface area contributed by atoms with Crippen molar-refractivity contribution in [2.24, 2.45) is 0 Å². The van der Waals surface area contributed by atoms with E-state index < -0.39 is 0 Å². The van der Waals surface area contributed by atoms with Gasteiger partial charge in [-0.05, 0) is 42.6 Å². The Balaban J connectivity index is 2.07. The lowest BCUT2D eigenvalue weighted by Gasteiger charge is -2.24. The van der Waals surface area contributed by atoms with E-state index in [1.807, 2.05) is 24.9 Å². The SMILES string of the molecule is Cc1nn([C@@H](C)C(=O)N2CCCCCC2)cc1Br. The van der Waals surface area contributed by atoms with E-state index in [0.29, 0.717) is 0 Å². The lowest BCUT2D eigenvalue weighted by molar-refractivity contribution is -0.134. The second kappa shape index (κ2) is 5.87. The summed E-state index contributed by atoms with van der Waals surface area (Å²) in [6, 6.07) is -0.215. The predicted octanol–water partition coefficient (Wildman–Crippen LogP) is 2.92. The van der Waals surface area contributed by atoms with Crippen LogP contribution in [0.1, 0.15) is 44.3 Å². The molecule has 18 heavy (non-hydrogen) atoms. The molecule has 1 fully saturated rings. The van der Waals surface area contributed by atoms with Gasteiger partial charge in [0.1, 0.15) is 6.04 Å². The number of carbonyl (C=O) groups excluding carboxylic acids is 1. The van der Waals surface area contributed by atoms with Crippen molar-refractivity contribution in [3.05, 3.63) is 16.4 Å². The van der Waals surface area contributed by atoms with E-state index in [4.69, 9.17) is 0 Å². The molecule has 0 saturated carbocycles. The summed E-state index contributed by atoms with van der Waals surface area (Å²) in [6.45, 7) is 5.64. The lowest BCUT2D eigenvalue weighted by atomic mass is 10.2. The summed E-state index contributed by atoms with van der Waals surface area (Å²) < 4.78 is 2.71. The molecule has 5 heteroatoms. The molecule has 0 aliphatic carbocycles. The predicted molar refractivity (Wildman–Crippen MR) is 74.4 cm³/mol. The smallest absolute Gasteiger partial charge is 0.247 e. The second-order valence-corrected chi connectivity index (χ2v) is 5.81. The number of amides is 1. The van der Waals surface area contributed by atoms with Crippen molar-refractivity contribution in [1.29, 1.82) is 0 Å². The first kappa shape index (κ1) is 13.6. The Labute approximate surface area is 116 Å². The van der Waals surface area contributed by atoms with Crippen LogP contribution in [-0.2, 0) is 4.79 Å². The Morgan fingerprint density at radius 2 is 1.94 bits per heavy atom. The second-order valence-electron chi connectivity index (χ2n) is 4.96. The number of hydrogen-bond acceptors (Lipinski definition) is 2. The summed E-state index contributed by atoms with van der Waals surface area (Å²) in [5.41, 5.74) is 0.922. The maximum atomic E-state index is 12.4. The minimum Gasteiger partial charge on any atom is -0.341 e. The number of rotatable bonds is 2. The number of nitrogens with zero attached hydrogens (tertiary/aromatic N) is 3. The first-order chi connectivity index (χ1) is 8.59. The van der Waals surface area contributed by atoms with Gasteiger partial charge in [-0.1, -0.05) is 12.8 Å². The molecule has 1 saturated heterocycles. The standard InChI is InChI=1S/C13H20BrN3O/c1-10-12(14)9-17(15-10)11(2)13(18)16-7-5-3-4-6-8-16/h9,11H,3-8H2,1-2H3/t11-/m0/s1. The molecule has 1 aromatic heterocycles. The fourth-order valence-corrected chi connectivity index (χ4v) is 2.62. The number of likely N-dealkylation sites (tertiary alicyclic amines) is 1. The average Bonchev–Trinajstić information content (AvgIpc) is 2.61. The number of aryl methyl sites for hydroxylation is 1. The summed E-state index contributed by atoms with van der Waals surface area (Å²) >= 11 is 3.43. The van der Waals surface area contributed by atoms with Crippen LogP contribution in [-0.4, -0.2) is 33.7 Å². The van der Waals surface area contributed by atoms with Gasteiger partial charge in [0, 0.05) is 19.3 Å². The topological polar surface area (TPSA) is 38.1 Å². The molecule has 1 aromatic rings. The van der Waals surface area contributed by atoms with Crippen LogP contribution in [0.4, 0.5) is 0 Å². The number of halogens is 1. The molecule has 2 rings (SSSR count). The zero-order valence-corrected chi connectivity index (χ0v) is 12.6. The molecule has 0 aromatic carbocycles. The van der Waals surface area contributed by atoms with E-state index >= 15 is 0 Å². The summed E-state index contributed by atoms with van der Waals surface area (Å²) in [5.74, 6) is 0.187. The fraction of sp³-hybridized carbons (Fsp3) is 0.692. The summed E-state index contributed by atoms with van der Waals surface area (Å²) in [4.78, 5) is 14.4. The third-order valence-electron chi connectivity index (χ3n) is 3.53. The van der Waals surface area contributed by atoms with Crippen LogP contribution >= 0.6 is 15.9 Å². The van der Waals surface area contributed by atoms with Gasteiger partial charge in [-0.2, -0.15) is 5.10 Å². The molecule has 1 aliphatic heterocycles. The van der Waals surface area contributed by atoms with E-state index in [1.54, 1.807) is 4.68 Å². The molecule has 0 bridgehead atoms. The minimum atomic E-state index is -0.215. The third kappa shape index (κ3) is 2.94. The zero-order chi connectivity index (χ0) is 13.1. The van der Waals surface area contributed by atoms with Crippen molar-refractivity contribution in [3.8, 4) is 0 Å². The van der Waals surface area contributed by atoms with Gasteiger partial charge in [-0.3, -0.25) is 9.48 Å². The monoisotopic (exact) mass is 313 g/mol. The zero-order valence-electron chi connectivity index (χ0n) is 11.0. The number of aromatic nitrogens is 2. The van der Waals surface area contributed by atoms with Gasteiger partial charge in [-0.25, -0.2) is 0 Å². The first-order valence-electron chi connectivity index (χ1n) is 6.59. The Morgan fingerprint density at radius 1 is 1.33 bits per heavy atom. The highest BCUT2D eigenvalue weighted by molar-refractivity contribution is 9.10. The highest BCUT2D eigenvalue weighted by atomic mass is 79.9. The van der Waals surface area contributed by atoms with Crippen LogP contribution in [0.2, 0.25) is 0 Å². The molecule has 1 atom stereocenters. The van der Waals surface area contributed by atoms with Crippen molar-refractivity contribution in [2.45, 2.75) is 45.6 Å². The van der Waals surface area contributed by atoms with Gasteiger partial charge in [0.05, 0.1) is 10.2 Å². The average molecular weight is 314 g/mol. The first-order valence-corrected chi connectivity index (χ1v) is 7.39. The minimum absolute atomic E-state index is 0.187. The molecular formula is C13H20BrN3O. The molecule has 0 spiro atoms. The maximum absolute atomic E-state index is 12.4. The lowest BCUT2D eigenvalue weighted by Crippen LogP contribution is -2.37. The molecule has 4 nitrogen and oxygen atoms in total. The van der Waals surface area contributed by atoms with Crippen molar-refractivity contribution >= 4 is 21.8 Å². The van der Waals surface area contributed by atoms with E-state index in [2.05, 4.69) is 21.0 Å². The van der Waals surface area contributed by atoms with Gasteiger partial charge < -0.3 is 4.90 Å². The van der Waals surface area contributed by atoms with Gasteiger partial charge in [0.25, 0.3) is 0 Å². The summed E-state index contributed by atoms with van der Waals surface area (Å²) in [6.07, 6.45) is 6.62. The molecule has 0 unspecified atom stereocenters. The van der Waals surface area contributed by atoms with Gasteiger partial charge in [-0.15, -0.1) is 0 Å². The molecule has 2 heterocycles. The van der Waals surface area contributed by atoms with Gasteiger partial charge in [0.15, 0.2) is 0 Å². The molecule has 100 valence electrons. The van der Waals surface area contributed by atoms with E-state index in [9.17, 15) is 4.79 Å². The highest BCUT2D eigenvalue weighted by Crippen LogP contribution is 2.19. The summed E-state index contributed by atoms with van der Waals surface area (Å²) in [7, 11) is 0. The van der Waals surface area contributed by atoms with E-state index in [0.717, 1.165) is 36.1 Å². The Morgan fingerprint density at radius 3 is 2.44 bits per heavy atom. The van der Waals surface area contributed by atoms with Crippen molar-refractivity contribution in [1.82, 2.24) is 14.7 Å².